The van der Waals surface area contributed by atoms with Crippen LogP contribution in [0.4, 0.5) is 19.0 Å². The van der Waals surface area contributed by atoms with E-state index >= 15 is 0 Å². The molecular weight excluding hydrogens is 483 g/mol. The molecular formula is C27H26F3N5O2. The second-order valence-electron chi connectivity index (χ2n) is 8.92. The molecule has 1 aliphatic rings. The fourth-order valence-electron chi connectivity index (χ4n) is 4.30. The number of nitrogens with one attached hydrogen (secondary N) is 1. The summed E-state index contributed by atoms with van der Waals surface area (Å²) in [4.78, 5) is 13.0. The van der Waals surface area contributed by atoms with Gasteiger partial charge in [0.15, 0.2) is 23.1 Å². The van der Waals surface area contributed by atoms with E-state index in [2.05, 4.69) is 21.4 Å². The molecule has 0 unspecified atom stereocenters. The smallest absolute Gasteiger partial charge is 0.434 e. The lowest BCUT2D eigenvalue weighted by Gasteiger charge is -2.14. The normalized spacial score (nSPS) is 13.5. The zero-order valence-electron chi connectivity index (χ0n) is 20.6. The molecule has 0 aliphatic heterocycles. The van der Waals surface area contributed by atoms with Crippen molar-refractivity contribution in [3.05, 3.63) is 71.7 Å². The molecule has 2 aromatic heterocycles. The van der Waals surface area contributed by atoms with E-state index in [1.807, 2.05) is 24.3 Å². The van der Waals surface area contributed by atoms with Gasteiger partial charge < -0.3 is 19.4 Å². The van der Waals surface area contributed by atoms with Crippen molar-refractivity contribution < 1.29 is 22.6 Å². The summed E-state index contributed by atoms with van der Waals surface area (Å²) >= 11 is 0. The Bertz CT molecular complexity index is 1430. The minimum atomic E-state index is -4.53. The molecule has 1 fully saturated rings. The first-order valence-corrected chi connectivity index (χ1v) is 11.8. The SMILES string of the molecule is COc1cc(CNc2nc(-c3ccccc3C3CC3)ncc2OC)ccc1-c1nc(C(F)(F)F)cn1C. The van der Waals surface area contributed by atoms with Crippen LogP contribution in [0.5, 0.6) is 11.5 Å². The Labute approximate surface area is 212 Å². The number of hydrogen-bond donors (Lipinski definition) is 1. The van der Waals surface area contributed by atoms with Crippen molar-refractivity contribution in [3.8, 4) is 34.3 Å². The second kappa shape index (κ2) is 9.76. The van der Waals surface area contributed by atoms with Crippen LogP contribution in [-0.2, 0) is 19.8 Å². The Hall–Kier alpha value is -4.08. The van der Waals surface area contributed by atoms with Gasteiger partial charge in [0, 0.05) is 25.4 Å². The van der Waals surface area contributed by atoms with Crippen LogP contribution in [0.15, 0.2) is 54.9 Å². The molecule has 4 aromatic rings. The van der Waals surface area contributed by atoms with Gasteiger partial charge in [0.1, 0.15) is 11.6 Å². The van der Waals surface area contributed by atoms with Crippen molar-refractivity contribution in [3.63, 3.8) is 0 Å². The molecule has 0 radical (unpaired) electrons. The molecule has 1 saturated carbocycles. The van der Waals surface area contributed by atoms with Crippen LogP contribution in [0.3, 0.4) is 0 Å². The standard InChI is InChI=1S/C27H26F3N5O2/c1-35-15-23(27(28,29)30)33-26(35)20-11-8-16(12-21(20)36-2)13-31-25-22(37-3)14-32-24(34-25)19-7-5-4-6-18(19)17-9-10-17/h4-8,11-12,14-15,17H,9-10,13H2,1-3H3,(H,31,32,34). The van der Waals surface area contributed by atoms with Crippen LogP contribution in [0.25, 0.3) is 22.8 Å². The molecule has 5 rings (SSSR count). The summed E-state index contributed by atoms with van der Waals surface area (Å²) in [5.74, 6) is 2.80. The maximum Gasteiger partial charge on any atom is 0.434 e. The van der Waals surface area contributed by atoms with Crippen molar-refractivity contribution in [1.82, 2.24) is 19.5 Å². The highest BCUT2D eigenvalue weighted by Gasteiger charge is 2.35. The highest BCUT2D eigenvalue weighted by Crippen LogP contribution is 2.44. The van der Waals surface area contributed by atoms with E-state index in [1.54, 1.807) is 25.4 Å². The van der Waals surface area contributed by atoms with Crippen molar-refractivity contribution in [2.75, 3.05) is 19.5 Å². The monoisotopic (exact) mass is 509 g/mol. The fraction of sp³-hybridized carbons (Fsp3) is 0.296. The van der Waals surface area contributed by atoms with Crippen LogP contribution in [0.2, 0.25) is 0 Å². The average Bonchev–Trinajstić information content (AvgIpc) is 3.67. The third-order valence-electron chi connectivity index (χ3n) is 6.33. The highest BCUT2D eigenvalue weighted by atomic mass is 19.4. The lowest BCUT2D eigenvalue weighted by atomic mass is 10.0. The molecule has 1 aliphatic carbocycles. The Balaban J connectivity index is 1.40. The fourth-order valence-corrected chi connectivity index (χ4v) is 4.30. The number of methoxy groups -OCH3 is 2. The summed E-state index contributed by atoms with van der Waals surface area (Å²) in [6, 6.07) is 13.4. The zero-order valence-corrected chi connectivity index (χ0v) is 20.6. The van der Waals surface area contributed by atoms with Crippen LogP contribution < -0.4 is 14.8 Å². The molecule has 0 atom stereocenters. The lowest BCUT2D eigenvalue weighted by Crippen LogP contribution is -2.06. The number of aryl methyl sites for hydroxylation is 1. The lowest BCUT2D eigenvalue weighted by molar-refractivity contribution is -0.140. The van der Waals surface area contributed by atoms with Crippen molar-refractivity contribution in [2.24, 2.45) is 7.05 Å². The van der Waals surface area contributed by atoms with Gasteiger partial charge in [-0.2, -0.15) is 13.2 Å². The number of ether oxygens (including phenoxy) is 2. The number of anilines is 1. The number of imidazole rings is 1. The number of hydrogen-bond acceptors (Lipinski definition) is 6. The van der Waals surface area contributed by atoms with Crippen LogP contribution in [0.1, 0.15) is 35.6 Å². The number of rotatable bonds is 8. The summed E-state index contributed by atoms with van der Waals surface area (Å²) in [6.45, 7) is 0.377. The molecule has 0 bridgehead atoms. The van der Waals surface area contributed by atoms with Gasteiger partial charge in [-0.3, -0.25) is 0 Å². The predicted molar refractivity (Wildman–Crippen MR) is 134 cm³/mol. The topological polar surface area (TPSA) is 74.1 Å². The Morgan fingerprint density at radius 2 is 1.76 bits per heavy atom. The van der Waals surface area contributed by atoms with Gasteiger partial charge >= 0.3 is 6.18 Å². The number of aromatic nitrogens is 4. The Kier molecular flexibility index (Phi) is 6.49. The first-order chi connectivity index (χ1) is 17.8. The van der Waals surface area contributed by atoms with Gasteiger partial charge in [-0.15, -0.1) is 0 Å². The minimum Gasteiger partial charge on any atom is -0.496 e. The average molecular weight is 510 g/mol. The zero-order chi connectivity index (χ0) is 26.2. The van der Waals surface area contributed by atoms with E-state index in [9.17, 15) is 13.2 Å². The van der Waals surface area contributed by atoms with Gasteiger partial charge in [0.05, 0.1) is 26.0 Å². The summed E-state index contributed by atoms with van der Waals surface area (Å²) < 4.78 is 51.7. The molecule has 0 spiro atoms. The number of alkyl halides is 3. The molecule has 2 aromatic carbocycles. The van der Waals surface area contributed by atoms with Crippen molar-refractivity contribution in [1.29, 1.82) is 0 Å². The molecule has 10 heteroatoms. The first kappa shape index (κ1) is 24.6. The molecule has 37 heavy (non-hydrogen) atoms. The number of benzene rings is 2. The molecule has 7 nitrogen and oxygen atoms in total. The number of nitrogens with zero attached hydrogens (tertiary/aromatic N) is 4. The summed E-state index contributed by atoms with van der Waals surface area (Å²) in [7, 11) is 4.55. The maximum absolute atomic E-state index is 13.1. The minimum absolute atomic E-state index is 0.167. The Morgan fingerprint density at radius 1 is 1.00 bits per heavy atom. The summed E-state index contributed by atoms with van der Waals surface area (Å²) in [5.41, 5.74) is 2.61. The summed E-state index contributed by atoms with van der Waals surface area (Å²) in [6.07, 6.45) is 0.432. The van der Waals surface area contributed by atoms with Gasteiger partial charge in [-0.25, -0.2) is 15.0 Å². The van der Waals surface area contributed by atoms with Crippen LogP contribution >= 0.6 is 0 Å². The van der Waals surface area contributed by atoms with Crippen molar-refractivity contribution >= 4 is 5.82 Å². The van der Waals surface area contributed by atoms with Gasteiger partial charge in [-0.1, -0.05) is 30.3 Å². The van der Waals surface area contributed by atoms with Crippen molar-refractivity contribution in [2.45, 2.75) is 31.5 Å². The van der Waals surface area contributed by atoms with E-state index in [0.717, 1.165) is 17.3 Å². The quantitative estimate of drug-likeness (QED) is 0.311. The third-order valence-corrected chi connectivity index (χ3v) is 6.33. The van der Waals surface area contributed by atoms with E-state index in [0.29, 0.717) is 41.2 Å². The molecule has 192 valence electrons. The van der Waals surface area contributed by atoms with Gasteiger partial charge in [0.2, 0.25) is 0 Å². The highest BCUT2D eigenvalue weighted by molar-refractivity contribution is 5.67. The molecule has 0 amide bonds. The third kappa shape index (κ3) is 5.09. The maximum atomic E-state index is 13.1. The van der Waals surface area contributed by atoms with E-state index in [4.69, 9.17) is 14.5 Å². The van der Waals surface area contributed by atoms with Gasteiger partial charge in [0.25, 0.3) is 0 Å². The van der Waals surface area contributed by atoms with Crippen LogP contribution in [0, 0.1) is 0 Å². The largest absolute Gasteiger partial charge is 0.496 e. The number of halogens is 3. The second-order valence-corrected chi connectivity index (χ2v) is 8.92. The first-order valence-electron chi connectivity index (χ1n) is 11.8. The molecule has 1 N–H and O–H groups in total. The summed E-state index contributed by atoms with van der Waals surface area (Å²) in [5, 5.41) is 3.30. The van der Waals surface area contributed by atoms with Crippen LogP contribution in [-0.4, -0.2) is 33.7 Å². The van der Waals surface area contributed by atoms with E-state index in [-0.39, 0.29) is 5.82 Å². The molecule has 0 saturated heterocycles. The van der Waals surface area contributed by atoms with E-state index < -0.39 is 11.9 Å². The molecule has 2 heterocycles. The van der Waals surface area contributed by atoms with E-state index in [1.165, 1.54) is 37.1 Å². The van der Waals surface area contributed by atoms with Gasteiger partial charge in [-0.05, 0) is 42.0 Å². The Morgan fingerprint density at radius 3 is 2.43 bits per heavy atom. The predicted octanol–water partition coefficient (Wildman–Crippen LogP) is 6.07.